The van der Waals surface area contributed by atoms with Crippen molar-refractivity contribution >= 4 is 29.1 Å². The van der Waals surface area contributed by atoms with Crippen LogP contribution < -0.4 is 10.6 Å². The number of halogens is 1. The van der Waals surface area contributed by atoms with E-state index in [9.17, 15) is 9.59 Å². The number of carbonyl (C=O) groups excluding carboxylic acids is 2. The van der Waals surface area contributed by atoms with Crippen LogP contribution in [0.5, 0.6) is 0 Å². The predicted molar refractivity (Wildman–Crippen MR) is 87.8 cm³/mol. The van der Waals surface area contributed by atoms with Crippen molar-refractivity contribution in [1.82, 2.24) is 5.32 Å². The zero-order chi connectivity index (χ0) is 16.1. The van der Waals surface area contributed by atoms with Crippen LogP contribution >= 0.6 is 11.6 Å². The van der Waals surface area contributed by atoms with Crippen LogP contribution in [0.25, 0.3) is 0 Å². The minimum absolute atomic E-state index is 0.274. The zero-order valence-electron chi connectivity index (χ0n) is 12.4. The molecule has 0 aliphatic rings. The highest BCUT2D eigenvalue weighted by Gasteiger charge is 2.14. The Bertz CT molecular complexity index is 696. The number of hydrogen-bond donors (Lipinski definition) is 2. The Morgan fingerprint density at radius 1 is 1.00 bits per heavy atom. The second kappa shape index (κ2) is 7.09. The maximum absolute atomic E-state index is 11.9. The van der Waals surface area contributed by atoms with Gasteiger partial charge in [0.25, 0.3) is 0 Å². The summed E-state index contributed by atoms with van der Waals surface area (Å²) in [4.78, 5) is 23.7. The molecule has 2 aromatic carbocycles. The Morgan fingerprint density at radius 2 is 1.68 bits per heavy atom. The van der Waals surface area contributed by atoms with Crippen LogP contribution in [-0.2, 0) is 16.1 Å². The van der Waals surface area contributed by atoms with Gasteiger partial charge in [-0.2, -0.15) is 0 Å². The Labute approximate surface area is 134 Å². The minimum Gasteiger partial charge on any atom is -0.344 e. The normalized spacial score (nSPS) is 10.1. The van der Waals surface area contributed by atoms with Crippen molar-refractivity contribution in [2.45, 2.75) is 20.4 Å². The van der Waals surface area contributed by atoms with Crippen molar-refractivity contribution in [3.63, 3.8) is 0 Å². The molecule has 114 valence electrons. The van der Waals surface area contributed by atoms with Crippen LogP contribution in [0.4, 0.5) is 5.69 Å². The van der Waals surface area contributed by atoms with E-state index in [-0.39, 0.29) is 6.54 Å². The maximum Gasteiger partial charge on any atom is 0.313 e. The van der Waals surface area contributed by atoms with Gasteiger partial charge in [-0.15, -0.1) is 0 Å². The van der Waals surface area contributed by atoms with E-state index in [1.807, 2.05) is 32.0 Å². The van der Waals surface area contributed by atoms with E-state index < -0.39 is 11.8 Å². The van der Waals surface area contributed by atoms with Gasteiger partial charge in [0.1, 0.15) is 0 Å². The zero-order valence-corrected chi connectivity index (χ0v) is 13.2. The fraction of sp³-hybridized carbons (Fsp3) is 0.176. The Kier molecular flexibility index (Phi) is 5.17. The van der Waals surface area contributed by atoms with Gasteiger partial charge in [-0.1, -0.05) is 35.9 Å². The van der Waals surface area contributed by atoms with Crippen molar-refractivity contribution in [2.24, 2.45) is 0 Å². The first kappa shape index (κ1) is 16.0. The average molecular weight is 317 g/mol. The monoisotopic (exact) mass is 316 g/mol. The topological polar surface area (TPSA) is 58.2 Å². The summed E-state index contributed by atoms with van der Waals surface area (Å²) < 4.78 is 0. The molecule has 0 radical (unpaired) electrons. The van der Waals surface area contributed by atoms with E-state index in [4.69, 9.17) is 11.6 Å². The van der Waals surface area contributed by atoms with E-state index in [2.05, 4.69) is 10.6 Å². The molecule has 2 rings (SSSR count). The van der Waals surface area contributed by atoms with Gasteiger partial charge in [-0.3, -0.25) is 9.59 Å². The third-order valence-electron chi connectivity index (χ3n) is 3.21. The lowest BCUT2D eigenvalue weighted by atomic mass is 10.1. The minimum atomic E-state index is -0.678. The SMILES string of the molecule is Cc1ccc(C)c(NC(=O)C(=O)NCc2ccc(Cl)cc2)c1. The second-order valence-electron chi connectivity index (χ2n) is 5.08. The fourth-order valence-corrected chi connectivity index (χ4v) is 2.04. The summed E-state index contributed by atoms with van der Waals surface area (Å²) in [5.74, 6) is -1.35. The summed E-state index contributed by atoms with van der Waals surface area (Å²) in [5, 5.41) is 5.83. The van der Waals surface area contributed by atoms with E-state index >= 15 is 0 Å². The smallest absolute Gasteiger partial charge is 0.313 e. The molecule has 22 heavy (non-hydrogen) atoms. The third-order valence-corrected chi connectivity index (χ3v) is 3.47. The molecule has 0 fully saturated rings. The van der Waals surface area contributed by atoms with Crippen molar-refractivity contribution in [2.75, 3.05) is 5.32 Å². The highest BCUT2D eigenvalue weighted by molar-refractivity contribution is 6.39. The molecule has 2 N–H and O–H groups in total. The standard InChI is InChI=1S/C17H17ClN2O2/c1-11-3-4-12(2)15(9-11)20-17(22)16(21)19-10-13-5-7-14(18)8-6-13/h3-9H,10H2,1-2H3,(H,19,21)(H,20,22). The van der Waals surface area contributed by atoms with Crippen molar-refractivity contribution in [3.05, 3.63) is 64.2 Å². The molecule has 5 heteroatoms. The number of amides is 2. The van der Waals surface area contributed by atoms with Crippen LogP contribution in [0.3, 0.4) is 0 Å². The predicted octanol–water partition coefficient (Wildman–Crippen LogP) is 3.21. The van der Waals surface area contributed by atoms with Crippen molar-refractivity contribution < 1.29 is 9.59 Å². The average Bonchev–Trinajstić information content (AvgIpc) is 2.50. The van der Waals surface area contributed by atoms with Gasteiger partial charge in [0, 0.05) is 17.3 Å². The van der Waals surface area contributed by atoms with E-state index in [1.54, 1.807) is 24.3 Å². The van der Waals surface area contributed by atoms with Crippen molar-refractivity contribution in [1.29, 1.82) is 0 Å². The van der Waals surface area contributed by atoms with Gasteiger partial charge in [0.15, 0.2) is 0 Å². The first-order valence-corrected chi connectivity index (χ1v) is 7.24. The molecular formula is C17H17ClN2O2. The van der Waals surface area contributed by atoms with Gasteiger partial charge in [-0.25, -0.2) is 0 Å². The Balaban J connectivity index is 1.93. The van der Waals surface area contributed by atoms with Gasteiger partial charge in [0.05, 0.1) is 0 Å². The summed E-state index contributed by atoms with van der Waals surface area (Å²) in [6.07, 6.45) is 0. The maximum atomic E-state index is 11.9. The molecule has 0 saturated carbocycles. The lowest BCUT2D eigenvalue weighted by molar-refractivity contribution is -0.136. The number of anilines is 1. The summed E-state index contributed by atoms with van der Waals surface area (Å²) in [7, 11) is 0. The number of aryl methyl sites for hydroxylation is 2. The molecule has 2 amide bonds. The summed E-state index contributed by atoms with van der Waals surface area (Å²) in [5.41, 5.74) is 3.44. The third kappa shape index (κ3) is 4.33. The number of nitrogens with one attached hydrogen (secondary N) is 2. The second-order valence-corrected chi connectivity index (χ2v) is 5.52. The molecule has 4 nitrogen and oxygen atoms in total. The van der Waals surface area contributed by atoms with E-state index in [0.29, 0.717) is 10.7 Å². The van der Waals surface area contributed by atoms with E-state index in [0.717, 1.165) is 16.7 Å². The first-order chi connectivity index (χ1) is 10.5. The van der Waals surface area contributed by atoms with Crippen molar-refractivity contribution in [3.8, 4) is 0 Å². The molecule has 0 aromatic heterocycles. The molecule has 0 bridgehead atoms. The Hall–Kier alpha value is -2.33. The van der Waals surface area contributed by atoms with E-state index in [1.165, 1.54) is 0 Å². The lowest BCUT2D eigenvalue weighted by Gasteiger charge is -2.09. The molecule has 0 aliphatic carbocycles. The molecular weight excluding hydrogens is 300 g/mol. The van der Waals surface area contributed by atoms with Crippen LogP contribution in [0.1, 0.15) is 16.7 Å². The van der Waals surface area contributed by atoms with Gasteiger partial charge >= 0.3 is 11.8 Å². The van der Waals surface area contributed by atoms with Crippen LogP contribution in [-0.4, -0.2) is 11.8 Å². The number of hydrogen-bond acceptors (Lipinski definition) is 2. The first-order valence-electron chi connectivity index (χ1n) is 6.86. The highest BCUT2D eigenvalue weighted by atomic mass is 35.5. The number of carbonyl (C=O) groups is 2. The molecule has 0 atom stereocenters. The van der Waals surface area contributed by atoms with Gasteiger partial charge in [0.2, 0.25) is 0 Å². The number of rotatable bonds is 3. The summed E-state index contributed by atoms with van der Waals surface area (Å²) in [6.45, 7) is 4.08. The van der Waals surface area contributed by atoms with Crippen LogP contribution in [0.15, 0.2) is 42.5 Å². The summed E-state index contributed by atoms with van der Waals surface area (Å²) >= 11 is 5.79. The fourth-order valence-electron chi connectivity index (χ4n) is 1.91. The largest absolute Gasteiger partial charge is 0.344 e. The van der Waals surface area contributed by atoms with Gasteiger partial charge < -0.3 is 10.6 Å². The number of benzene rings is 2. The summed E-state index contributed by atoms with van der Waals surface area (Å²) in [6, 6.07) is 12.7. The molecule has 0 spiro atoms. The van der Waals surface area contributed by atoms with Gasteiger partial charge in [-0.05, 0) is 48.7 Å². The molecule has 2 aromatic rings. The lowest BCUT2D eigenvalue weighted by Crippen LogP contribution is -2.35. The quantitative estimate of drug-likeness (QED) is 0.854. The Morgan fingerprint density at radius 3 is 2.36 bits per heavy atom. The van der Waals surface area contributed by atoms with Crippen LogP contribution in [0.2, 0.25) is 5.02 Å². The van der Waals surface area contributed by atoms with Crippen LogP contribution in [0, 0.1) is 13.8 Å². The molecule has 0 heterocycles. The molecule has 0 saturated heterocycles. The molecule has 0 aliphatic heterocycles. The highest BCUT2D eigenvalue weighted by Crippen LogP contribution is 2.16. The molecule has 0 unspecified atom stereocenters.